The van der Waals surface area contributed by atoms with Gasteiger partial charge in [-0.15, -0.1) is 0 Å². The normalized spacial score (nSPS) is 11.3. The van der Waals surface area contributed by atoms with Crippen LogP contribution in [0, 0.1) is 13.8 Å². The Bertz CT molecular complexity index is 1470. The lowest BCUT2D eigenvalue weighted by Gasteiger charge is -2.11. The van der Waals surface area contributed by atoms with Crippen LogP contribution in [-0.2, 0) is 16.0 Å². The minimum Gasteiger partial charge on any atom is -0.481 e. The van der Waals surface area contributed by atoms with Crippen LogP contribution in [0.1, 0.15) is 42.4 Å². The molecule has 0 bridgehead atoms. The second-order valence-corrected chi connectivity index (χ2v) is 9.07. The van der Waals surface area contributed by atoms with Gasteiger partial charge < -0.3 is 19.3 Å². The summed E-state index contributed by atoms with van der Waals surface area (Å²) in [6.07, 6.45) is 3.66. The number of amides is 1. The van der Waals surface area contributed by atoms with Crippen molar-refractivity contribution in [3.63, 3.8) is 0 Å². The second kappa shape index (κ2) is 10.4. The molecule has 8 heteroatoms. The molecule has 0 radical (unpaired) electrons. The largest absolute Gasteiger partial charge is 0.481 e. The zero-order valence-electron chi connectivity index (χ0n) is 19.6. The van der Waals surface area contributed by atoms with E-state index in [4.69, 9.17) is 25.5 Å². The number of halogens is 1. The van der Waals surface area contributed by atoms with Crippen LogP contribution in [0.4, 0.5) is 0 Å². The topological polar surface area (TPSA) is 110 Å². The number of rotatable bonds is 9. The van der Waals surface area contributed by atoms with E-state index in [1.54, 1.807) is 6.26 Å². The Labute approximate surface area is 206 Å². The standard InChI is InChI=1S/C27H26ClNO6/c1-15-19-12-21-22(17-7-9-18(28)10-8-17)14-34-25(21)16(2)26(19)35-27(33)20(15)13-23(30)29-11-5-3-4-6-24(31)32/h7-10,12,14H,3-6,11,13H2,1-2H3,(H,29,30)(H,31,32). The Hall–Kier alpha value is -3.58. The highest BCUT2D eigenvalue weighted by Gasteiger charge is 2.20. The summed E-state index contributed by atoms with van der Waals surface area (Å²) in [6, 6.07) is 9.41. The van der Waals surface area contributed by atoms with E-state index in [0.717, 1.165) is 27.5 Å². The number of furan rings is 1. The lowest BCUT2D eigenvalue weighted by molar-refractivity contribution is -0.137. The van der Waals surface area contributed by atoms with Crippen LogP contribution < -0.4 is 10.9 Å². The Kier molecular flexibility index (Phi) is 7.26. The molecule has 2 heterocycles. The van der Waals surface area contributed by atoms with Gasteiger partial charge in [0.25, 0.3) is 0 Å². The SMILES string of the molecule is Cc1c(CC(=O)NCCCCCC(=O)O)c(=O)oc2c(C)c3occ(-c4ccc(Cl)cc4)c3cc12. The molecule has 4 aromatic rings. The maximum Gasteiger partial charge on any atom is 0.340 e. The van der Waals surface area contributed by atoms with Crippen molar-refractivity contribution in [3.8, 4) is 11.1 Å². The Morgan fingerprint density at radius 3 is 2.46 bits per heavy atom. The third-order valence-corrected chi connectivity index (χ3v) is 6.48. The van der Waals surface area contributed by atoms with Gasteiger partial charge in [0.2, 0.25) is 5.91 Å². The van der Waals surface area contributed by atoms with E-state index in [0.29, 0.717) is 53.1 Å². The van der Waals surface area contributed by atoms with Crippen molar-refractivity contribution >= 4 is 45.4 Å². The fourth-order valence-electron chi connectivity index (χ4n) is 4.28. The Morgan fingerprint density at radius 2 is 1.74 bits per heavy atom. The summed E-state index contributed by atoms with van der Waals surface area (Å²) < 4.78 is 11.5. The molecule has 0 aliphatic carbocycles. The molecule has 7 nitrogen and oxygen atoms in total. The van der Waals surface area contributed by atoms with Gasteiger partial charge in [-0.05, 0) is 56.0 Å². The third-order valence-electron chi connectivity index (χ3n) is 6.22. The van der Waals surface area contributed by atoms with Crippen molar-refractivity contribution in [2.75, 3.05) is 6.54 Å². The minimum absolute atomic E-state index is 0.0915. The molecule has 2 aromatic heterocycles. The summed E-state index contributed by atoms with van der Waals surface area (Å²) in [4.78, 5) is 35.8. The molecule has 0 aliphatic rings. The summed E-state index contributed by atoms with van der Waals surface area (Å²) in [5.74, 6) is -1.10. The number of aliphatic carboxylic acids is 1. The molecule has 4 rings (SSSR count). The predicted octanol–water partition coefficient (Wildman–Crippen LogP) is 5.78. The lowest BCUT2D eigenvalue weighted by Crippen LogP contribution is -2.28. The number of carbonyl (C=O) groups is 2. The molecule has 0 saturated heterocycles. The number of hydrogen-bond acceptors (Lipinski definition) is 5. The van der Waals surface area contributed by atoms with E-state index in [9.17, 15) is 14.4 Å². The number of benzene rings is 2. The smallest absolute Gasteiger partial charge is 0.340 e. The fraction of sp³-hybridized carbons (Fsp3) is 0.296. The number of carbonyl (C=O) groups excluding carboxylic acids is 1. The van der Waals surface area contributed by atoms with Crippen LogP contribution in [0.5, 0.6) is 0 Å². The van der Waals surface area contributed by atoms with E-state index in [1.165, 1.54) is 0 Å². The molecule has 0 saturated carbocycles. The van der Waals surface area contributed by atoms with Gasteiger partial charge in [-0.25, -0.2) is 4.79 Å². The predicted molar refractivity (Wildman–Crippen MR) is 135 cm³/mol. The van der Waals surface area contributed by atoms with Crippen molar-refractivity contribution in [1.82, 2.24) is 5.32 Å². The highest BCUT2D eigenvalue weighted by atomic mass is 35.5. The summed E-state index contributed by atoms with van der Waals surface area (Å²) >= 11 is 6.04. The van der Waals surface area contributed by atoms with Gasteiger partial charge in [0.05, 0.1) is 18.2 Å². The first-order valence-corrected chi connectivity index (χ1v) is 11.9. The first kappa shape index (κ1) is 24.5. The third kappa shape index (κ3) is 5.25. The van der Waals surface area contributed by atoms with Gasteiger partial charge in [0.1, 0.15) is 11.2 Å². The van der Waals surface area contributed by atoms with Gasteiger partial charge in [-0.1, -0.05) is 30.2 Å². The number of carboxylic acids is 1. The van der Waals surface area contributed by atoms with Crippen molar-refractivity contribution in [2.24, 2.45) is 0 Å². The lowest BCUT2D eigenvalue weighted by atomic mass is 9.97. The molecule has 1 amide bonds. The zero-order chi connectivity index (χ0) is 25.1. The first-order valence-electron chi connectivity index (χ1n) is 11.5. The average Bonchev–Trinajstić information content (AvgIpc) is 3.24. The number of fused-ring (bicyclic) bond motifs is 2. The van der Waals surface area contributed by atoms with Crippen LogP contribution in [0.15, 0.2) is 50.2 Å². The number of aryl methyl sites for hydroxylation is 2. The van der Waals surface area contributed by atoms with Crippen molar-refractivity contribution in [3.05, 3.63) is 68.7 Å². The number of unbranched alkanes of at least 4 members (excludes halogenated alkanes) is 2. The zero-order valence-corrected chi connectivity index (χ0v) is 20.3. The highest BCUT2D eigenvalue weighted by molar-refractivity contribution is 6.30. The number of hydrogen-bond donors (Lipinski definition) is 2. The number of nitrogens with one attached hydrogen (secondary N) is 1. The van der Waals surface area contributed by atoms with E-state index in [-0.39, 0.29) is 18.7 Å². The van der Waals surface area contributed by atoms with Crippen LogP contribution in [0.3, 0.4) is 0 Å². The van der Waals surface area contributed by atoms with E-state index in [1.807, 2.05) is 44.2 Å². The van der Waals surface area contributed by atoms with Crippen molar-refractivity contribution < 1.29 is 23.5 Å². The number of carboxylic acid groups (broad SMARTS) is 1. The highest BCUT2D eigenvalue weighted by Crippen LogP contribution is 2.37. The fourth-order valence-corrected chi connectivity index (χ4v) is 4.41. The van der Waals surface area contributed by atoms with Gasteiger partial charge in [-0.3, -0.25) is 9.59 Å². The Balaban J connectivity index is 1.61. The molecule has 0 atom stereocenters. The first-order chi connectivity index (χ1) is 16.8. The molecular weight excluding hydrogens is 470 g/mol. The van der Waals surface area contributed by atoms with Crippen LogP contribution in [0.2, 0.25) is 5.02 Å². The van der Waals surface area contributed by atoms with Gasteiger partial charge >= 0.3 is 11.6 Å². The maximum absolute atomic E-state index is 12.8. The molecule has 2 N–H and O–H groups in total. The maximum atomic E-state index is 12.8. The quantitative estimate of drug-likeness (QED) is 0.225. The van der Waals surface area contributed by atoms with Crippen LogP contribution in [-0.4, -0.2) is 23.5 Å². The minimum atomic E-state index is -0.823. The van der Waals surface area contributed by atoms with E-state index in [2.05, 4.69) is 5.32 Å². The van der Waals surface area contributed by atoms with Gasteiger partial charge in [0.15, 0.2) is 0 Å². The molecule has 0 fully saturated rings. The molecular formula is C27H26ClNO6. The second-order valence-electron chi connectivity index (χ2n) is 8.64. The molecule has 2 aromatic carbocycles. The van der Waals surface area contributed by atoms with Crippen molar-refractivity contribution in [2.45, 2.75) is 46.0 Å². The average molecular weight is 496 g/mol. The van der Waals surface area contributed by atoms with Gasteiger partial charge in [0, 0.05) is 39.9 Å². The summed E-state index contributed by atoms with van der Waals surface area (Å²) in [6.45, 7) is 4.09. The monoisotopic (exact) mass is 495 g/mol. The van der Waals surface area contributed by atoms with Crippen molar-refractivity contribution in [1.29, 1.82) is 0 Å². The Morgan fingerprint density at radius 1 is 1.00 bits per heavy atom. The van der Waals surface area contributed by atoms with E-state index < -0.39 is 11.6 Å². The molecule has 0 unspecified atom stereocenters. The molecule has 35 heavy (non-hydrogen) atoms. The molecule has 182 valence electrons. The van der Waals surface area contributed by atoms with E-state index >= 15 is 0 Å². The molecule has 0 spiro atoms. The summed E-state index contributed by atoms with van der Waals surface area (Å²) in [5.41, 5.74) is 4.11. The summed E-state index contributed by atoms with van der Waals surface area (Å²) in [7, 11) is 0. The van der Waals surface area contributed by atoms with Crippen LogP contribution >= 0.6 is 11.6 Å². The van der Waals surface area contributed by atoms with Gasteiger partial charge in [-0.2, -0.15) is 0 Å². The van der Waals surface area contributed by atoms with Crippen LogP contribution in [0.25, 0.3) is 33.1 Å². The molecule has 0 aliphatic heterocycles. The summed E-state index contributed by atoms with van der Waals surface area (Å²) in [5, 5.41) is 13.8.